The van der Waals surface area contributed by atoms with E-state index in [1.807, 2.05) is 25.1 Å². The lowest BCUT2D eigenvalue weighted by atomic mass is 10.1. The van der Waals surface area contributed by atoms with E-state index in [0.717, 1.165) is 44.9 Å². The van der Waals surface area contributed by atoms with Gasteiger partial charge in [0.2, 0.25) is 5.91 Å². The Kier molecular flexibility index (Phi) is 7.29. The molecule has 2 aromatic carbocycles. The molecule has 1 heterocycles. The zero-order valence-electron chi connectivity index (χ0n) is 16.9. The lowest BCUT2D eigenvalue weighted by Gasteiger charge is -2.37. The third kappa shape index (κ3) is 6.18. The molecule has 3 rings (SSSR count). The number of benzene rings is 2. The first kappa shape index (κ1) is 22.1. The van der Waals surface area contributed by atoms with Crippen LogP contribution in [0.2, 0.25) is 0 Å². The molecule has 1 aliphatic heterocycles. The average molecular weight is 417 g/mol. The molecule has 2 aromatic rings. The standard InChI is InChI=1S/C23H26F3N3O/c1-18(22(30)27-21-11-9-20(10-12-21)23(24,25)26)29-16-14-28(15-17-29)13-5-8-19-6-3-2-4-7-19/h2-12,18H,13-17H2,1H3,(H,27,30). The maximum atomic E-state index is 12.6. The SMILES string of the molecule is CC(C(=O)Nc1ccc(C(F)(F)F)cc1)N1CCN(CC=Cc2ccccc2)CC1. The van der Waals surface area contributed by atoms with Gasteiger partial charge in [0.15, 0.2) is 0 Å². The van der Waals surface area contributed by atoms with Crippen molar-refractivity contribution in [1.82, 2.24) is 9.80 Å². The summed E-state index contributed by atoms with van der Waals surface area (Å²) in [6.45, 7) is 5.93. The van der Waals surface area contributed by atoms with Crippen LogP contribution in [0.3, 0.4) is 0 Å². The Morgan fingerprint density at radius 2 is 1.67 bits per heavy atom. The summed E-state index contributed by atoms with van der Waals surface area (Å²) in [5.74, 6) is -0.216. The predicted molar refractivity (Wildman–Crippen MR) is 113 cm³/mol. The van der Waals surface area contributed by atoms with E-state index >= 15 is 0 Å². The molecule has 0 bridgehead atoms. The van der Waals surface area contributed by atoms with Crippen LogP contribution < -0.4 is 5.32 Å². The van der Waals surface area contributed by atoms with Gasteiger partial charge in [0, 0.05) is 38.4 Å². The van der Waals surface area contributed by atoms with Crippen LogP contribution >= 0.6 is 0 Å². The van der Waals surface area contributed by atoms with Crippen molar-refractivity contribution in [3.63, 3.8) is 0 Å². The van der Waals surface area contributed by atoms with Crippen molar-refractivity contribution in [2.75, 3.05) is 38.0 Å². The highest BCUT2D eigenvalue weighted by atomic mass is 19.4. The van der Waals surface area contributed by atoms with E-state index in [1.54, 1.807) is 0 Å². The molecule has 0 saturated carbocycles. The summed E-state index contributed by atoms with van der Waals surface area (Å²) in [6.07, 6.45) is -0.135. The molecule has 30 heavy (non-hydrogen) atoms. The summed E-state index contributed by atoms with van der Waals surface area (Å²) in [5, 5.41) is 2.71. The molecule has 1 amide bonds. The van der Waals surface area contributed by atoms with E-state index in [1.165, 1.54) is 17.7 Å². The molecule has 0 aliphatic carbocycles. The first-order valence-corrected chi connectivity index (χ1v) is 9.99. The molecular weight excluding hydrogens is 391 g/mol. The van der Waals surface area contributed by atoms with Crippen LogP contribution in [0.1, 0.15) is 18.1 Å². The molecule has 160 valence electrons. The number of carbonyl (C=O) groups excluding carboxylic acids is 1. The van der Waals surface area contributed by atoms with Crippen molar-refractivity contribution >= 4 is 17.7 Å². The quantitative estimate of drug-likeness (QED) is 0.759. The topological polar surface area (TPSA) is 35.6 Å². The Morgan fingerprint density at radius 3 is 2.27 bits per heavy atom. The second-order valence-corrected chi connectivity index (χ2v) is 7.39. The molecule has 1 aliphatic rings. The number of rotatable bonds is 6. The van der Waals surface area contributed by atoms with Gasteiger partial charge in [-0.25, -0.2) is 0 Å². The average Bonchev–Trinajstić information content (AvgIpc) is 2.74. The third-order valence-corrected chi connectivity index (χ3v) is 5.29. The first-order chi connectivity index (χ1) is 14.3. The van der Waals surface area contributed by atoms with Crippen LogP contribution in [0, 0.1) is 0 Å². The van der Waals surface area contributed by atoms with Gasteiger partial charge in [-0.15, -0.1) is 0 Å². The van der Waals surface area contributed by atoms with Crippen LogP contribution in [0.25, 0.3) is 6.08 Å². The minimum Gasteiger partial charge on any atom is -0.325 e. The van der Waals surface area contributed by atoms with Crippen molar-refractivity contribution in [2.45, 2.75) is 19.1 Å². The second-order valence-electron chi connectivity index (χ2n) is 7.39. The monoisotopic (exact) mass is 417 g/mol. The van der Waals surface area contributed by atoms with Gasteiger partial charge in [-0.05, 0) is 36.8 Å². The van der Waals surface area contributed by atoms with Gasteiger partial charge >= 0.3 is 6.18 Å². The summed E-state index contributed by atoms with van der Waals surface area (Å²) in [5.41, 5.74) is 0.806. The summed E-state index contributed by atoms with van der Waals surface area (Å²) in [7, 11) is 0. The molecular formula is C23H26F3N3O. The second kappa shape index (κ2) is 9.91. The zero-order valence-corrected chi connectivity index (χ0v) is 16.9. The number of piperazine rings is 1. The number of nitrogens with one attached hydrogen (secondary N) is 1. The van der Waals surface area contributed by atoms with Crippen molar-refractivity contribution in [1.29, 1.82) is 0 Å². The molecule has 1 saturated heterocycles. The third-order valence-electron chi connectivity index (χ3n) is 5.29. The Morgan fingerprint density at radius 1 is 1.03 bits per heavy atom. The number of halogens is 3. The van der Waals surface area contributed by atoms with Crippen LogP contribution in [0.15, 0.2) is 60.7 Å². The Balaban J connectivity index is 1.44. The molecule has 0 aromatic heterocycles. The lowest BCUT2D eigenvalue weighted by Crippen LogP contribution is -2.52. The number of nitrogens with zero attached hydrogens (tertiary/aromatic N) is 2. The zero-order chi connectivity index (χ0) is 21.6. The first-order valence-electron chi connectivity index (χ1n) is 9.99. The van der Waals surface area contributed by atoms with E-state index < -0.39 is 11.7 Å². The van der Waals surface area contributed by atoms with Gasteiger partial charge in [-0.1, -0.05) is 42.5 Å². The summed E-state index contributed by atoms with van der Waals surface area (Å²) >= 11 is 0. The van der Waals surface area contributed by atoms with Crippen LogP contribution in [-0.2, 0) is 11.0 Å². The highest BCUT2D eigenvalue weighted by Gasteiger charge is 2.30. The van der Waals surface area contributed by atoms with Gasteiger partial charge in [0.25, 0.3) is 0 Å². The number of alkyl halides is 3. The predicted octanol–water partition coefficient (Wildman–Crippen LogP) is 4.36. The number of carbonyl (C=O) groups is 1. The minimum atomic E-state index is -4.38. The maximum Gasteiger partial charge on any atom is 0.416 e. The fourth-order valence-electron chi connectivity index (χ4n) is 3.39. The molecule has 4 nitrogen and oxygen atoms in total. The number of anilines is 1. The summed E-state index contributed by atoms with van der Waals surface area (Å²) in [4.78, 5) is 16.9. The van der Waals surface area contributed by atoms with E-state index in [9.17, 15) is 18.0 Å². The van der Waals surface area contributed by atoms with Crippen LogP contribution in [0.4, 0.5) is 18.9 Å². The van der Waals surface area contributed by atoms with Crippen molar-refractivity contribution in [3.8, 4) is 0 Å². The van der Waals surface area contributed by atoms with Gasteiger partial charge < -0.3 is 5.32 Å². The normalized spacial score (nSPS) is 17.2. The van der Waals surface area contributed by atoms with Crippen molar-refractivity contribution in [3.05, 3.63) is 71.8 Å². The van der Waals surface area contributed by atoms with Crippen LogP contribution in [-0.4, -0.2) is 54.5 Å². The molecule has 0 spiro atoms. The Hall–Kier alpha value is -2.64. The van der Waals surface area contributed by atoms with Gasteiger partial charge in [0.05, 0.1) is 11.6 Å². The molecule has 1 atom stereocenters. The highest BCUT2D eigenvalue weighted by molar-refractivity contribution is 5.94. The van der Waals surface area contributed by atoms with Gasteiger partial charge in [-0.2, -0.15) is 13.2 Å². The molecule has 7 heteroatoms. The molecule has 1 unspecified atom stereocenters. The highest BCUT2D eigenvalue weighted by Crippen LogP contribution is 2.29. The molecule has 1 N–H and O–H groups in total. The van der Waals surface area contributed by atoms with Gasteiger partial charge in [0.1, 0.15) is 0 Å². The lowest BCUT2D eigenvalue weighted by molar-refractivity contribution is -0.137. The smallest absolute Gasteiger partial charge is 0.325 e. The van der Waals surface area contributed by atoms with E-state index in [-0.39, 0.29) is 11.9 Å². The van der Waals surface area contributed by atoms with E-state index in [0.29, 0.717) is 5.69 Å². The fourth-order valence-corrected chi connectivity index (χ4v) is 3.39. The maximum absolute atomic E-state index is 12.6. The van der Waals surface area contributed by atoms with Crippen molar-refractivity contribution in [2.24, 2.45) is 0 Å². The number of hydrogen-bond acceptors (Lipinski definition) is 3. The Labute approximate surface area is 175 Å². The van der Waals surface area contributed by atoms with Gasteiger partial charge in [-0.3, -0.25) is 14.6 Å². The van der Waals surface area contributed by atoms with E-state index in [2.05, 4.69) is 39.4 Å². The molecule has 0 radical (unpaired) electrons. The Bertz CT molecular complexity index is 842. The minimum absolute atomic E-state index is 0.216. The number of hydrogen-bond donors (Lipinski definition) is 1. The summed E-state index contributed by atoms with van der Waals surface area (Å²) < 4.78 is 37.9. The van der Waals surface area contributed by atoms with E-state index in [4.69, 9.17) is 0 Å². The number of amides is 1. The largest absolute Gasteiger partial charge is 0.416 e. The molecule has 1 fully saturated rings. The fraction of sp³-hybridized carbons (Fsp3) is 0.348. The van der Waals surface area contributed by atoms with Crippen LogP contribution in [0.5, 0.6) is 0 Å². The van der Waals surface area contributed by atoms with Crippen molar-refractivity contribution < 1.29 is 18.0 Å². The summed E-state index contributed by atoms with van der Waals surface area (Å²) in [6, 6.07) is 14.3.